The summed E-state index contributed by atoms with van der Waals surface area (Å²) in [5.41, 5.74) is 0.689. The highest BCUT2D eigenvalue weighted by Gasteiger charge is 2.41. The van der Waals surface area contributed by atoms with Crippen molar-refractivity contribution in [3.63, 3.8) is 0 Å². The second kappa shape index (κ2) is 5.61. The van der Waals surface area contributed by atoms with Crippen molar-refractivity contribution in [2.24, 2.45) is 0 Å². The standard InChI is InChI=1S/C15H18N4O3S/c20-23(21,12-3-4-12)19-9-7-18(8-10-19)15-6-5-13(16-17-15)14-2-1-11-22-14/h1-2,5-6,11-12H,3-4,7-10H2. The molecule has 0 bridgehead atoms. The fraction of sp³-hybridized carbons (Fsp3) is 0.467. The Labute approximate surface area is 135 Å². The third-order valence-electron chi connectivity index (χ3n) is 4.29. The van der Waals surface area contributed by atoms with Gasteiger partial charge < -0.3 is 9.32 Å². The average molecular weight is 334 g/mol. The van der Waals surface area contributed by atoms with Gasteiger partial charge in [0.05, 0.1) is 11.5 Å². The molecule has 1 saturated heterocycles. The van der Waals surface area contributed by atoms with Crippen LogP contribution in [-0.2, 0) is 10.0 Å². The predicted octanol–water partition coefficient (Wildman–Crippen LogP) is 1.35. The molecule has 4 rings (SSSR count). The topological polar surface area (TPSA) is 79.5 Å². The maximum absolute atomic E-state index is 12.2. The van der Waals surface area contributed by atoms with Gasteiger partial charge in [-0.1, -0.05) is 0 Å². The molecule has 122 valence electrons. The van der Waals surface area contributed by atoms with E-state index in [9.17, 15) is 8.42 Å². The lowest BCUT2D eigenvalue weighted by molar-refractivity contribution is 0.382. The van der Waals surface area contributed by atoms with E-state index in [0.717, 1.165) is 18.7 Å². The number of nitrogens with zero attached hydrogens (tertiary/aromatic N) is 4. The number of piperazine rings is 1. The van der Waals surface area contributed by atoms with Crippen LogP contribution in [-0.4, -0.2) is 54.3 Å². The van der Waals surface area contributed by atoms with Crippen molar-refractivity contribution in [3.8, 4) is 11.5 Å². The van der Waals surface area contributed by atoms with Crippen LogP contribution in [0.2, 0.25) is 0 Å². The molecule has 1 aliphatic carbocycles. The smallest absolute Gasteiger partial charge is 0.217 e. The minimum atomic E-state index is -3.07. The van der Waals surface area contributed by atoms with E-state index in [1.807, 2.05) is 24.3 Å². The monoisotopic (exact) mass is 334 g/mol. The second-order valence-electron chi connectivity index (χ2n) is 5.88. The van der Waals surface area contributed by atoms with Gasteiger partial charge in [0, 0.05) is 26.2 Å². The van der Waals surface area contributed by atoms with Crippen LogP contribution in [0, 0.1) is 0 Å². The zero-order valence-corrected chi connectivity index (χ0v) is 13.4. The zero-order chi connectivity index (χ0) is 15.9. The number of aromatic nitrogens is 2. The summed E-state index contributed by atoms with van der Waals surface area (Å²) in [6.45, 7) is 2.31. The summed E-state index contributed by atoms with van der Waals surface area (Å²) in [7, 11) is -3.07. The summed E-state index contributed by atoms with van der Waals surface area (Å²) in [6, 6.07) is 7.42. The zero-order valence-electron chi connectivity index (χ0n) is 12.6. The number of hydrogen-bond donors (Lipinski definition) is 0. The summed E-state index contributed by atoms with van der Waals surface area (Å²) in [5.74, 6) is 1.45. The first-order chi connectivity index (χ1) is 11.1. The van der Waals surface area contributed by atoms with E-state index >= 15 is 0 Å². The highest BCUT2D eigenvalue weighted by molar-refractivity contribution is 7.90. The van der Waals surface area contributed by atoms with Crippen molar-refractivity contribution >= 4 is 15.8 Å². The first-order valence-electron chi connectivity index (χ1n) is 7.76. The lowest BCUT2D eigenvalue weighted by Gasteiger charge is -2.34. The van der Waals surface area contributed by atoms with Crippen molar-refractivity contribution in [1.82, 2.24) is 14.5 Å². The Morgan fingerprint density at radius 1 is 1.04 bits per heavy atom. The minimum Gasteiger partial charge on any atom is -0.463 e. The Morgan fingerprint density at radius 2 is 1.83 bits per heavy atom. The summed E-state index contributed by atoms with van der Waals surface area (Å²) in [5, 5.41) is 8.29. The quantitative estimate of drug-likeness (QED) is 0.840. The van der Waals surface area contributed by atoms with E-state index in [1.54, 1.807) is 10.6 Å². The van der Waals surface area contributed by atoms with Gasteiger partial charge in [0.2, 0.25) is 10.0 Å². The largest absolute Gasteiger partial charge is 0.463 e. The van der Waals surface area contributed by atoms with Gasteiger partial charge in [-0.25, -0.2) is 8.42 Å². The summed E-state index contributed by atoms with van der Waals surface area (Å²) in [4.78, 5) is 2.07. The molecule has 2 aromatic rings. The molecule has 3 heterocycles. The van der Waals surface area contributed by atoms with Crippen molar-refractivity contribution in [3.05, 3.63) is 30.5 Å². The molecule has 2 aromatic heterocycles. The second-order valence-corrected chi connectivity index (χ2v) is 8.10. The minimum absolute atomic E-state index is 0.138. The maximum atomic E-state index is 12.2. The first kappa shape index (κ1) is 14.6. The molecule has 2 aliphatic rings. The molecule has 0 amide bonds. The van der Waals surface area contributed by atoms with Crippen molar-refractivity contribution in [2.75, 3.05) is 31.1 Å². The van der Waals surface area contributed by atoms with E-state index in [4.69, 9.17) is 4.42 Å². The molecule has 0 spiro atoms. The Hall–Kier alpha value is -1.93. The lowest BCUT2D eigenvalue weighted by atomic mass is 10.3. The molecular weight excluding hydrogens is 316 g/mol. The van der Waals surface area contributed by atoms with Crippen LogP contribution in [0.4, 0.5) is 5.82 Å². The highest BCUT2D eigenvalue weighted by Crippen LogP contribution is 2.31. The first-order valence-corrected chi connectivity index (χ1v) is 9.26. The van der Waals surface area contributed by atoms with Gasteiger partial charge in [-0.05, 0) is 37.1 Å². The van der Waals surface area contributed by atoms with Crippen LogP contribution in [0.25, 0.3) is 11.5 Å². The van der Waals surface area contributed by atoms with Crippen LogP contribution < -0.4 is 4.90 Å². The van der Waals surface area contributed by atoms with Gasteiger partial charge >= 0.3 is 0 Å². The van der Waals surface area contributed by atoms with E-state index in [1.165, 1.54) is 0 Å². The van der Waals surface area contributed by atoms with Crippen molar-refractivity contribution in [1.29, 1.82) is 0 Å². The van der Waals surface area contributed by atoms with E-state index in [2.05, 4.69) is 15.1 Å². The average Bonchev–Trinajstić information content (AvgIpc) is 3.32. The van der Waals surface area contributed by atoms with Crippen LogP contribution >= 0.6 is 0 Å². The van der Waals surface area contributed by atoms with Gasteiger partial charge in [0.25, 0.3) is 0 Å². The number of anilines is 1. The number of hydrogen-bond acceptors (Lipinski definition) is 6. The van der Waals surface area contributed by atoms with Gasteiger partial charge in [0.1, 0.15) is 5.69 Å². The van der Waals surface area contributed by atoms with E-state index < -0.39 is 10.0 Å². The van der Waals surface area contributed by atoms with Gasteiger partial charge in [-0.3, -0.25) is 0 Å². The molecule has 8 heteroatoms. The molecule has 0 radical (unpaired) electrons. The Morgan fingerprint density at radius 3 is 2.39 bits per heavy atom. The number of furan rings is 1. The third-order valence-corrected chi connectivity index (χ3v) is 6.69. The van der Waals surface area contributed by atoms with Crippen LogP contribution in [0.5, 0.6) is 0 Å². The van der Waals surface area contributed by atoms with E-state index in [-0.39, 0.29) is 5.25 Å². The molecule has 1 aliphatic heterocycles. The number of rotatable bonds is 4. The summed E-state index contributed by atoms with van der Waals surface area (Å²) >= 11 is 0. The summed E-state index contributed by atoms with van der Waals surface area (Å²) < 4.78 is 31.4. The number of sulfonamides is 1. The predicted molar refractivity (Wildman–Crippen MR) is 85.5 cm³/mol. The normalized spacial score (nSPS) is 19.9. The van der Waals surface area contributed by atoms with Crippen LogP contribution in [0.3, 0.4) is 0 Å². The van der Waals surface area contributed by atoms with Crippen molar-refractivity contribution < 1.29 is 12.8 Å². The highest BCUT2D eigenvalue weighted by atomic mass is 32.2. The molecule has 2 fully saturated rings. The third kappa shape index (κ3) is 2.84. The molecule has 0 atom stereocenters. The molecule has 0 aromatic carbocycles. The molecule has 0 unspecified atom stereocenters. The Balaban J connectivity index is 1.42. The lowest BCUT2D eigenvalue weighted by Crippen LogP contribution is -2.49. The maximum Gasteiger partial charge on any atom is 0.217 e. The molecule has 23 heavy (non-hydrogen) atoms. The Bertz CT molecular complexity index is 762. The van der Waals surface area contributed by atoms with Gasteiger partial charge in [0.15, 0.2) is 11.6 Å². The van der Waals surface area contributed by atoms with E-state index in [0.29, 0.717) is 37.6 Å². The summed E-state index contributed by atoms with van der Waals surface area (Å²) in [6.07, 6.45) is 3.22. The van der Waals surface area contributed by atoms with Gasteiger partial charge in [-0.15, -0.1) is 10.2 Å². The fourth-order valence-electron chi connectivity index (χ4n) is 2.80. The Kier molecular flexibility index (Phi) is 3.57. The fourth-order valence-corrected chi connectivity index (χ4v) is 4.62. The molecular formula is C15H18N4O3S. The van der Waals surface area contributed by atoms with Gasteiger partial charge in [-0.2, -0.15) is 4.31 Å². The SMILES string of the molecule is O=S(=O)(C1CC1)N1CCN(c2ccc(-c3ccco3)nn2)CC1. The molecule has 1 saturated carbocycles. The molecule has 0 N–H and O–H groups in total. The van der Waals surface area contributed by atoms with Crippen molar-refractivity contribution in [2.45, 2.75) is 18.1 Å². The van der Waals surface area contributed by atoms with Crippen LogP contribution in [0.1, 0.15) is 12.8 Å². The molecule has 7 nitrogen and oxygen atoms in total. The van der Waals surface area contributed by atoms with Crippen LogP contribution in [0.15, 0.2) is 34.9 Å².